The Hall–Kier alpha value is -2.14. The molecule has 0 rings (SSSR count). The molecule has 0 aromatic heterocycles. The monoisotopic (exact) mass is 1070 g/mol. The van der Waals surface area contributed by atoms with Crippen molar-refractivity contribution in [3.63, 3.8) is 0 Å². The quantitative estimate of drug-likeness (QED) is 0.0373. The number of rotatable bonds is 64. The molecule has 0 radical (unpaired) electrons. The number of hydrogen-bond donors (Lipinski definition) is 1. The minimum absolute atomic E-state index is 0.0619. The van der Waals surface area contributed by atoms with Gasteiger partial charge in [-0.15, -0.1) is 0 Å². The lowest BCUT2D eigenvalue weighted by atomic mass is 10.0. The Morgan fingerprint density at radius 1 is 0.303 bits per heavy atom. The molecule has 76 heavy (non-hydrogen) atoms. The summed E-state index contributed by atoms with van der Waals surface area (Å²) in [5, 5.41) is 9.68. The fourth-order valence-electron chi connectivity index (χ4n) is 10.4. The molecule has 5 nitrogen and oxygen atoms in total. The summed E-state index contributed by atoms with van der Waals surface area (Å²) in [7, 11) is 0. The minimum atomic E-state index is -0.771. The number of ether oxygens (including phenoxy) is 2. The fourth-order valence-corrected chi connectivity index (χ4v) is 10.4. The van der Waals surface area contributed by atoms with Crippen molar-refractivity contribution in [2.24, 2.45) is 0 Å². The molecular weight excluding hydrogens is 933 g/mol. The van der Waals surface area contributed by atoms with Gasteiger partial charge in [0.05, 0.1) is 6.61 Å². The molecule has 1 N–H and O–H groups in total. The summed E-state index contributed by atoms with van der Waals surface area (Å²) in [4.78, 5) is 24.6. The molecule has 0 bridgehead atoms. The van der Waals surface area contributed by atoms with E-state index in [-0.39, 0.29) is 25.2 Å². The average molecular weight is 1070 g/mol. The summed E-state index contributed by atoms with van der Waals surface area (Å²) < 4.78 is 10.7. The molecule has 0 aliphatic carbocycles. The van der Waals surface area contributed by atoms with Gasteiger partial charge < -0.3 is 14.6 Å². The lowest BCUT2D eigenvalue weighted by molar-refractivity contribution is -0.161. The van der Waals surface area contributed by atoms with E-state index in [1.165, 1.54) is 295 Å². The number of carbonyl (C=O) groups excluding carboxylic acids is 2. The van der Waals surface area contributed by atoms with E-state index in [1.807, 2.05) is 0 Å². The van der Waals surface area contributed by atoms with Crippen molar-refractivity contribution in [1.82, 2.24) is 0 Å². The third kappa shape index (κ3) is 64.4. The van der Waals surface area contributed by atoms with Gasteiger partial charge in [-0.1, -0.05) is 332 Å². The van der Waals surface area contributed by atoms with E-state index in [0.29, 0.717) is 12.8 Å². The summed E-state index contributed by atoms with van der Waals surface area (Å²) in [6, 6.07) is 0. The molecule has 0 aromatic carbocycles. The molecule has 0 heterocycles. The van der Waals surface area contributed by atoms with Gasteiger partial charge in [0.15, 0.2) is 6.10 Å². The zero-order chi connectivity index (χ0) is 54.8. The summed E-state index contributed by atoms with van der Waals surface area (Å²) in [5.41, 5.74) is 0. The van der Waals surface area contributed by atoms with Crippen LogP contribution in [0.4, 0.5) is 0 Å². The van der Waals surface area contributed by atoms with Crippen LogP contribution in [0.25, 0.3) is 0 Å². The van der Waals surface area contributed by atoms with Gasteiger partial charge >= 0.3 is 11.9 Å². The van der Waals surface area contributed by atoms with Crippen LogP contribution in [0.15, 0.2) is 48.6 Å². The van der Waals surface area contributed by atoms with Crippen LogP contribution in [-0.2, 0) is 19.1 Å². The Balaban J connectivity index is 3.38. The highest BCUT2D eigenvalue weighted by Gasteiger charge is 2.16. The molecule has 0 amide bonds. The number of aliphatic hydroxyl groups is 1. The maximum atomic E-state index is 12.3. The smallest absolute Gasteiger partial charge is 0.306 e. The van der Waals surface area contributed by atoms with Crippen molar-refractivity contribution >= 4 is 11.9 Å². The molecule has 5 heteroatoms. The normalized spacial score (nSPS) is 12.4. The molecule has 0 aliphatic heterocycles. The molecule has 0 fully saturated rings. The van der Waals surface area contributed by atoms with Crippen molar-refractivity contribution in [3.05, 3.63) is 48.6 Å². The van der Waals surface area contributed by atoms with Crippen LogP contribution in [-0.4, -0.2) is 36.4 Å². The minimum Gasteiger partial charge on any atom is -0.462 e. The van der Waals surface area contributed by atoms with E-state index in [1.54, 1.807) is 0 Å². The Labute approximate surface area is 475 Å². The zero-order valence-electron chi connectivity index (χ0n) is 51.3. The first-order chi connectivity index (χ1) is 37.6. The summed E-state index contributed by atoms with van der Waals surface area (Å²) in [6.07, 6.45) is 90.0. The lowest BCUT2D eigenvalue weighted by Gasteiger charge is -2.15. The standard InChI is InChI=1S/C71H132O5/c1-3-5-7-9-11-13-15-17-19-21-23-25-26-27-28-29-30-31-32-33-34-35-36-37-38-39-40-41-42-43-44-46-48-50-52-54-56-58-60-62-64-66-71(74)76-69(67-72)68-75-70(73)65-63-61-59-57-55-53-51-49-47-45-24-22-20-18-16-14-12-10-8-6-4-2/h15,17,21-24,26-27,69,72H,3-14,16,18-20,25,28-68H2,1-2H3/b17-15-,23-21-,24-22-,27-26-. The molecule has 1 atom stereocenters. The van der Waals surface area contributed by atoms with E-state index in [0.717, 1.165) is 51.4 Å². The molecule has 0 aromatic rings. The van der Waals surface area contributed by atoms with Gasteiger partial charge in [-0.05, 0) is 77.0 Å². The van der Waals surface area contributed by atoms with Crippen LogP contribution in [0.5, 0.6) is 0 Å². The zero-order valence-corrected chi connectivity index (χ0v) is 51.3. The third-order valence-corrected chi connectivity index (χ3v) is 15.6. The highest BCUT2D eigenvalue weighted by Crippen LogP contribution is 2.18. The summed E-state index contributed by atoms with van der Waals surface area (Å²) in [6.45, 7) is 4.18. The second-order valence-corrected chi connectivity index (χ2v) is 23.3. The van der Waals surface area contributed by atoms with E-state index < -0.39 is 6.10 Å². The Morgan fingerprint density at radius 2 is 0.526 bits per heavy atom. The predicted molar refractivity (Wildman–Crippen MR) is 334 cm³/mol. The van der Waals surface area contributed by atoms with Crippen LogP contribution in [0.2, 0.25) is 0 Å². The van der Waals surface area contributed by atoms with E-state index >= 15 is 0 Å². The SMILES string of the molecule is CCCCCCC/C=C\C/C=C\C/C=C\CCCCCCCCCCCCCCCCCCCCCCCCCCCCC(=O)OC(CO)COC(=O)CCCCCCCCCCC/C=C\CCCCCCCCCC. The van der Waals surface area contributed by atoms with Crippen LogP contribution >= 0.6 is 0 Å². The van der Waals surface area contributed by atoms with E-state index in [2.05, 4.69) is 62.5 Å². The van der Waals surface area contributed by atoms with Gasteiger partial charge in [0.1, 0.15) is 6.61 Å². The van der Waals surface area contributed by atoms with Gasteiger partial charge in [0.25, 0.3) is 0 Å². The molecule has 1 unspecified atom stereocenters. The van der Waals surface area contributed by atoms with Crippen LogP contribution < -0.4 is 0 Å². The topological polar surface area (TPSA) is 72.8 Å². The van der Waals surface area contributed by atoms with Crippen LogP contribution in [0, 0.1) is 0 Å². The van der Waals surface area contributed by atoms with Gasteiger partial charge in [-0.25, -0.2) is 0 Å². The Kier molecular flexibility index (Phi) is 65.2. The van der Waals surface area contributed by atoms with E-state index in [9.17, 15) is 14.7 Å². The van der Waals surface area contributed by atoms with Crippen molar-refractivity contribution in [3.8, 4) is 0 Å². The van der Waals surface area contributed by atoms with Crippen molar-refractivity contribution in [2.75, 3.05) is 13.2 Å². The summed E-state index contributed by atoms with van der Waals surface area (Å²) >= 11 is 0. The maximum absolute atomic E-state index is 12.3. The van der Waals surface area contributed by atoms with Crippen molar-refractivity contribution in [2.45, 2.75) is 380 Å². The number of allylic oxidation sites excluding steroid dienone is 8. The second-order valence-electron chi connectivity index (χ2n) is 23.3. The van der Waals surface area contributed by atoms with Crippen LogP contribution in [0.3, 0.4) is 0 Å². The molecule has 0 saturated heterocycles. The number of unbranched alkanes of at least 4 members (excludes halogenated alkanes) is 48. The van der Waals surface area contributed by atoms with Crippen LogP contribution in [0.1, 0.15) is 373 Å². The highest BCUT2D eigenvalue weighted by molar-refractivity contribution is 5.70. The third-order valence-electron chi connectivity index (χ3n) is 15.6. The first-order valence-electron chi connectivity index (χ1n) is 34.2. The lowest BCUT2D eigenvalue weighted by Crippen LogP contribution is -2.28. The second kappa shape index (κ2) is 67.1. The number of hydrogen-bond acceptors (Lipinski definition) is 5. The molecule has 0 aliphatic rings. The van der Waals surface area contributed by atoms with Crippen molar-refractivity contribution < 1.29 is 24.2 Å². The van der Waals surface area contributed by atoms with Gasteiger partial charge in [0.2, 0.25) is 0 Å². The van der Waals surface area contributed by atoms with Gasteiger partial charge in [-0.3, -0.25) is 9.59 Å². The highest BCUT2D eigenvalue weighted by atomic mass is 16.6. The molecular formula is C71H132O5. The number of aliphatic hydroxyl groups excluding tert-OH is 1. The Morgan fingerprint density at radius 3 is 0.803 bits per heavy atom. The number of carbonyl (C=O) groups is 2. The first kappa shape index (κ1) is 73.9. The average Bonchev–Trinajstić information content (AvgIpc) is 3.42. The fraction of sp³-hybridized carbons (Fsp3) is 0.859. The maximum Gasteiger partial charge on any atom is 0.306 e. The molecule has 446 valence electrons. The molecule has 0 spiro atoms. The summed E-state index contributed by atoms with van der Waals surface area (Å²) in [5.74, 6) is -0.573. The van der Waals surface area contributed by atoms with Gasteiger partial charge in [0, 0.05) is 12.8 Å². The van der Waals surface area contributed by atoms with Gasteiger partial charge in [-0.2, -0.15) is 0 Å². The van der Waals surface area contributed by atoms with E-state index in [4.69, 9.17) is 9.47 Å². The number of esters is 2. The molecule has 0 saturated carbocycles. The van der Waals surface area contributed by atoms with Crippen molar-refractivity contribution in [1.29, 1.82) is 0 Å². The first-order valence-corrected chi connectivity index (χ1v) is 34.2. The Bertz CT molecular complexity index is 1250. The largest absolute Gasteiger partial charge is 0.462 e. The predicted octanol–water partition coefficient (Wildman–Crippen LogP) is 23.5.